The topological polar surface area (TPSA) is 81.7 Å². The van der Waals surface area contributed by atoms with Crippen LogP contribution < -0.4 is 9.46 Å². The maximum Gasteiger partial charge on any atom is 0.338 e. The maximum atomic E-state index is 13.1. The van der Waals surface area contributed by atoms with Gasteiger partial charge in [-0.3, -0.25) is 4.72 Å². The maximum absolute atomic E-state index is 13.1. The van der Waals surface area contributed by atoms with Gasteiger partial charge in [0.25, 0.3) is 10.0 Å². The Kier molecular flexibility index (Phi) is 5.93. The van der Waals surface area contributed by atoms with Crippen LogP contribution >= 0.6 is 0 Å². The van der Waals surface area contributed by atoms with Crippen LogP contribution in [0.4, 0.5) is 5.69 Å². The molecule has 0 atom stereocenters. The van der Waals surface area contributed by atoms with Crippen LogP contribution in [-0.2, 0) is 27.6 Å². The number of rotatable bonds is 6. The van der Waals surface area contributed by atoms with Gasteiger partial charge >= 0.3 is 5.97 Å². The van der Waals surface area contributed by atoms with Gasteiger partial charge in [0.1, 0.15) is 10.6 Å². The third-order valence-corrected chi connectivity index (χ3v) is 6.29. The molecule has 0 saturated heterocycles. The van der Waals surface area contributed by atoms with E-state index in [2.05, 4.69) is 4.72 Å². The van der Waals surface area contributed by atoms with Gasteiger partial charge in [0, 0.05) is 0 Å². The minimum atomic E-state index is -3.85. The first-order valence-corrected chi connectivity index (χ1v) is 10.8. The molecule has 1 N–H and O–H groups in total. The van der Waals surface area contributed by atoms with Gasteiger partial charge in [-0.15, -0.1) is 0 Å². The van der Waals surface area contributed by atoms with E-state index in [1.165, 1.54) is 7.11 Å². The number of nitrogens with one attached hydrogen (secondary N) is 1. The Morgan fingerprint density at radius 1 is 1.11 bits per heavy atom. The molecule has 1 aliphatic rings. The Morgan fingerprint density at radius 3 is 2.39 bits per heavy atom. The molecule has 28 heavy (non-hydrogen) atoms. The van der Waals surface area contributed by atoms with E-state index >= 15 is 0 Å². The van der Waals surface area contributed by atoms with Crippen LogP contribution in [0.1, 0.15) is 46.8 Å². The van der Waals surface area contributed by atoms with E-state index in [-0.39, 0.29) is 11.5 Å². The Balaban J connectivity index is 1.93. The number of benzene rings is 2. The van der Waals surface area contributed by atoms with Gasteiger partial charge in [-0.05, 0) is 86.6 Å². The number of aryl methyl sites for hydroxylation is 3. The normalized spacial score (nSPS) is 13.5. The molecule has 0 heterocycles. The predicted octanol–water partition coefficient (Wildman–Crippen LogP) is 3.86. The summed E-state index contributed by atoms with van der Waals surface area (Å²) in [5.41, 5.74) is 3.63. The van der Waals surface area contributed by atoms with Crippen LogP contribution in [0.2, 0.25) is 0 Å². The van der Waals surface area contributed by atoms with Crippen LogP contribution in [0, 0.1) is 6.92 Å². The van der Waals surface area contributed by atoms with E-state index in [1.54, 1.807) is 38.1 Å². The lowest BCUT2D eigenvalue weighted by molar-refractivity contribution is 0.0526. The highest BCUT2D eigenvalue weighted by molar-refractivity contribution is 7.92. The fourth-order valence-electron chi connectivity index (χ4n) is 3.43. The molecule has 0 amide bonds. The molecular weight excluding hydrogens is 378 g/mol. The number of ether oxygens (including phenoxy) is 2. The lowest BCUT2D eigenvalue weighted by atomic mass is 9.92. The highest BCUT2D eigenvalue weighted by Gasteiger charge is 2.24. The molecular formula is C21H25NO5S. The highest BCUT2D eigenvalue weighted by atomic mass is 32.2. The fourth-order valence-corrected chi connectivity index (χ4v) is 4.76. The van der Waals surface area contributed by atoms with Gasteiger partial charge in [0.2, 0.25) is 0 Å². The summed E-state index contributed by atoms with van der Waals surface area (Å²) in [5.74, 6) is -0.0923. The second kappa shape index (κ2) is 8.22. The van der Waals surface area contributed by atoms with Crippen molar-refractivity contribution in [3.8, 4) is 5.75 Å². The first kappa shape index (κ1) is 20.2. The van der Waals surface area contributed by atoms with E-state index in [0.29, 0.717) is 22.6 Å². The van der Waals surface area contributed by atoms with Crippen molar-refractivity contribution in [3.63, 3.8) is 0 Å². The molecule has 2 aromatic rings. The molecule has 0 radical (unpaired) electrons. The summed E-state index contributed by atoms with van der Waals surface area (Å²) in [6.45, 7) is 3.76. The standard InChI is InChI=1S/C21H25NO5S/c1-4-27-21(23)17-9-10-18(14(2)11-17)22-28(24,25)20-13-16-8-6-5-7-15(16)12-19(20)26-3/h9-13,22H,4-8H2,1-3H3. The highest BCUT2D eigenvalue weighted by Crippen LogP contribution is 2.33. The second-order valence-corrected chi connectivity index (χ2v) is 8.49. The monoisotopic (exact) mass is 403 g/mol. The zero-order valence-electron chi connectivity index (χ0n) is 16.4. The molecule has 1 aliphatic carbocycles. The van der Waals surface area contributed by atoms with Crippen LogP contribution in [0.25, 0.3) is 0 Å². The third-order valence-electron chi connectivity index (χ3n) is 4.90. The number of anilines is 1. The summed E-state index contributed by atoms with van der Waals surface area (Å²) >= 11 is 0. The zero-order chi connectivity index (χ0) is 20.3. The summed E-state index contributed by atoms with van der Waals surface area (Å²) < 4.78 is 39.1. The molecule has 2 aromatic carbocycles. The minimum absolute atomic E-state index is 0.129. The van der Waals surface area contributed by atoms with E-state index in [4.69, 9.17) is 9.47 Å². The van der Waals surface area contributed by atoms with Crippen LogP contribution in [0.15, 0.2) is 35.2 Å². The Labute approximate surface area is 165 Å². The molecule has 0 fully saturated rings. The number of carbonyl (C=O) groups excluding carboxylic acids is 1. The van der Waals surface area contributed by atoms with Crippen LogP contribution in [0.5, 0.6) is 5.75 Å². The van der Waals surface area contributed by atoms with E-state index in [9.17, 15) is 13.2 Å². The summed E-state index contributed by atoms with van der Waals surface area (Å²) in [6.07, 6.45) is 3.97. The molecule has 0 bridgehead atoms. The van der Waals surface area contributed by atoms with Crippen molar-refractivity contribution < 1.29 is 22.7 Å². The SMILES string of the molecule is CCOC(=O)c1ccc(NS(=O)(=O)c2cc3c(cc2OC)CCCC3)c(C)c1. The van der Waals surface area contributed by atoms with Crippen molar-refractivity contribution in [2.75, 3.05) is 18.4 Å². The van der Waals surface area contributed by atoms with Gasteiger partial charge in [-0.1, -0.05) is 0 Å². The average Bonchev–Trinajstić information content (AvgIpc) is 2.68. The lowest BCUT2D eigenvalue weighted by Crippen LogP contribution is -2.17. The third kappa shape index (κ3) is 4.14. The lowest BCUT2D eigenvalue weighted by Gasteiger charge is -2.20. The molecule has 3 rings (SSSR count). The number of methoxy groups -OCH3 is 1. The Morgan fingerprint density at radius 2 is 1.79 bits per heavy atom. The summed E-state index contributed by atoms with van der Waals surface area (Å²) in [6, 6.07) is 8.29. The number of hydrogen-bond donors (Lipinski definition) is 1. The van der Waals surface area contributed by atoms with Crippen molar-refractivity contribution in [1.82, 2.24) is 0 Å². The first-order valence-electron chi connectivity index (χ1n) is 9.36. The molecule has 0 aromatic heterocycles. The van der Waals surface area contributed by atoms with Gasteiger partial charge < -0.3 is 9.47 Å². The minimum Gasteiger partial charge on any atom is -0.495 e. The van der Waals surface area contributed by atoms with E-state index < -0.39 is 16.0 Å². The van der Waals surface area contributed by atoms with Gasteiger partial charge in [-0.25, -0.2) is 13.2 Å². The Bertz CT molecular complexity index is 998. The number of hydrogen-bond acceptors (Lipinski definition) is 5. The number of fused-ring (bicyclic) bond motifs is 1. The smallest absolute Gasteiger partial charge is 0.338 e. The number of carbonyl (C=O) groups is 1. The van der Waals surface area contributed by atoms with Gasteiger partial charge in [0.05, 0.1) is 25.0 Å². The molecule has 6 nitrogen and oxygen atoms in total. The summed E-state index contributed by atoms with van der Waals surface area (Å²) in [7, 11) is -2.37. The molecule has 150 valence electrons. The predicted molar refractivity (Wildman–Crippen MR) is 108 cm³/mol. The van der Waals surface area contributed by atoms with Crippen molar-refractivity contribution >= 4 is 21.7 Å². The Hall–Kier alpha value is -2.54. The van der Waals surface area contributed by atoms with Crippen LogP contribution in [0.3, 0.4) is 0 Å². The average molecular weight is 404 g/mol. The quantitative estimate of drug-likeness (QED) is 0.741. The molecule has 0 unspecified atom stereocenters. The summed E-state index contributed by atoms with van der Waals surface area (Å²) in [5, 5.41) is 0. The van der Waals surface area contributed by atoms with Crippen LogP contribution in [-0.4, -0.2) is 28.1 Å². The summed E-state index contributed by atoms with van der Waals surface area (Å²) in [4.78, 5) is 12.0. The van der Waals surface area contributed by atoms with E-state index in [1.807, 2.05) is 6.07 Å². The first-order chi connectivity index (χ1) is 13.4. The van der Waals surface area contributed by atoms with Crippen molar-refractivity contribution in [2.45, 2.75) is 44.4 Å². The fraction of sp³-hybridized carbons (Fsp3) is 0.381. The number of esters is 1. The zero-order valence-corrected chi connectivity index (χ0v) is 17.2. The second-order valence-electron chi connectivity index (χ2n) is 6.83. The molecule has 0 spiro atoms. The molecule has 7 heteroatoms. The molecule has 0 saturated carbocycles. The van der Waals surface area contributed by atoms with Gasteiger partial charge in [0.15, 0.2) is 0 Å². The molecule has 0 aliphatic heterocycles. The van der Waals surface area contributed by atoms with Crippen molar-refractivity contribution in [3.05, 3.63) is 52.6 Å². The van der Waals surface area contributed by atoms with Crippen molar-refractivity contribution in [2.24, 2.45) is 0 Å². The van der Waals surface area contributed by atoms with Crippen molar-refractivity contribution in [1.29, 1.82) is 0 Å². The van der Waals surface area contributed by atoms with Gasteiger partial charge in [-0.2, -0.15) is 0 Å². The largest absolute Gasteiger partial charge is 0.495 e. The number of sulfonamides is 1. The van der Waals surface area contributed by atoms with E-state index in [0.717, 1.165) is 36.8 Å².